The second kappa shape index (κ2) is 7.87. The molecule has 0 heterocycles. The van der Waals surface area contributed by atoms with Gasteiger partial charge in [-0.25, -0.2) is 0 Å². The van der Waals surface area contributed by atoms with E-state index in [-0.39, 0.29) is 24.4 Å². The van der Waals surface area contributed by atoms with Gasteiger partial charge in [-0.1, -0.05) is 48.5 Å². The molecule has 0 radical (unpaired) electrons. The molecule has 0 aliphatic rings. The summed E-state index contributed by atoms with van der Waals surface area (Å²) in [5.74, 6) is -1.11. The number of benzene rings is 2. The number of nitrogens with two attached hydrogens (primary N) is 1. The van der Waals surface area contributed by atoms with Crippen molar-refractivity contribution in [3.05, 3.63) is 75.8 Å². The van der Waals surface area contributed by atoms with Crippen molar-refractivity contribution in [2.24, 2.45) is 5.73 Å². The molecule has 0 aliphatic carbocycles. The van der Waals surface area contributed by atoms with Crippen molar-refractivity contribution < 1.29 is 14.5 Å². The summed E-state index contributed by atoms with van der Waals surface area (Å²) in [6.07, 6.45) is 0.0640. The number of nitrogens with zero attached hydrogens (tertiary/aromatic N) is 1. The average Bonchev–Trinajstić information content (AvgIpc) is 2.55. The summed E-state index contributed by atoms with van der Waals surface area (Å²) in [4.78, 5) is 34.2. The summed E-state index contributed by atoms with van der Waals surface area (Å²) in [5.41, 5.74) is 6.35. The predicted molar refractivity (Wildman–Crippen MR) is 88.1 cm³/mol. The van der Waals surface area contributed by atoms with Gasteiger partial charge < -0.3 is 11.1 Å². The van der Waals surface area contributed by atoms with E-state index < -0.39 is 16.9 Å². The van der Waals surface area contributed by atoms with Gasteiger partial charge in [0.15, 0.2) is 0 Å². The van der Waals surface area contributed by atoms with Gasteiger partial charge in [0.1, 0.15) is 6.04 Å². The molecule has 2 rings (SSSR count). The molecule has 124 valence electrons. The van der Waals surface area contributed by atoms with E-state index in [0.717, 1.165) is 5.56 Å². The highest BCUT2D eigenvalue weighted by molar-refractivity contribution is 5.87. The number of amides is 2. The minimum absolute atomic E-state index is 0.0347. The molecule has 0 bridgehead atoms. The Hall–Kier alpha value is -3.22. The van der Waals surface area contributed by atoms with Crippen LogP contribution in [0.25, 0.3) is 0 Å². The van der Waals surface area contributed by atoms with Crippen LogP contribution < -0.4 is 11.1 Å². The highest BCUT2D eigenvalue weighted by atomic mass is 16.6. The molecule has 24 heavy (non-hydrogen) atoms. The van der Waals surface area contributed by atoms with Gasteiger partial charge in [-0.15, -0.1) is 0 Å². The first-order valence-corrected chi connectivity index (χ1v) is 7.32. The van der Waals surface area contributed by atoms with Crippen LogP contribution in [0.5, 0.6) is 0 Å². The number of para-hydroxylation sites is 1. The molecule has 0 aromatic heterocycles. The topological polar surface area (TPSA) is 115 Å². The van der Waals surface area contributed by atoms with Gasteiger partial charge in [-0.3, -0.25) is 19.7 Å². The highest BCUT2D eigenvalue weighted by Crippen LogP contribution is 2.19. The van der Waals surface area contributed by atoms with Crippen molar-refractivity contribution in [3.63, 3.8) is 0 Å². The zero-order chi connectivity index (χ0) is 17.5. The first-order valence-electron chi connectivity index (χ1n) is 7.32. The number of rotatable bonds is 7. The first kappa shape index (κ1) is 17.1. The maximum absolute atomic E-state index is 12.1. The van der Waals surface area contributed by atoms with Crippen LogP contribution in [-0.2, 0) is 22.4 Å². The van der Waals surface area contributed by atoms with E-state index in [1.807, 2.05) is 18.2 Å². The number of primary amides is 1. The van der Waals surface area contributed by atoms with Gasteiger partial charge in [0.05, 0.1) is 11.3 Å². The lowest BCUT2D eigenvalue weighted by molar-refractivity contribution is -0.385. The minimum Gasteiger partial charge on any atom is -0.368 e. The Morgan fingerprint density at radius 1 is 1.08 bits per heavy atom. The van der Waals surface area contributed by atoms with Crippen LogP contribution in [0.1, 0.15) is 11.1 Å². The van der Waals surface area contributed by atoms with Crippen LogP contribution in [-0.4, -0.2) is 22.8 Å². The monoisotopic (exact) mass is 327 g/mol. The molecule has 7 heteroatoms. The molecule has 0 fully saturated rings. The van der Waals surface area contributed by atoms with E-state index >= 15 is 0 Å². The van der Waals surface area contributed by atoms with Crippen LogP contribution in [0.2, 0.25) is 0 Å². The average molecular weight is 327 g/mol. The van der Waals surface area contributed by atoms with E-state index in [1.165, 1.54) is 18.2 Å². The van der Waals surface area contributed by atoms with E-state index in [1.54, 1.807) is 18.2 Å². The zero-order valence-corrected chi connectivity index (χ0v) is 12.8. The summed E-state index contributed by atoms with van der Waals surface area (Å²) in [6, 6.07) is 14.1. The maximum atomic E-state index is 12.1. The summed E-state index contributed by atoms with van der Waals surface area (Å²) in [7, 11) is 0. The number of nitro benzene ring substituents is 1. The molecule has 1 atom stereocenters. The van der Waals surface area contributed by atoms with Crippen LogP contribution in [0, 0.1) is 10.1 Å². The Morgan fingerprint density at radius 2 is 1.71 bits per heavy atom. The van der Waals surface area contributed by atoms with Gasteiger partial charge in [-0.05, 0) is 5.56 Å². The number of nitrogens with one attached hydrogen (secondary N) is 1. The Bertz CT molecular complexity index is 747. The van der Waals surface area contributed by atoms with E-state index in [9.17, 15) is 19.7 Å². The number of hydrogen-bond donors (Lipinski definition) is 2. The fraction of sp³-hybridized carbons (Fsp3) is 0.176. The quantitative estimate of drug-likeness (QED) is 0.590. The SMILES string of the molecule is NC(=O)[C@@H](Cc1ccccc1[N+](=O)[O-])NC(=O)Cc1ccccc1. The molecule has 2 aromatic rings. The van der Waals surface area contributed by atoms with E-state index in [0.29, 0.717) is 5.56 Å². The van der Waals surface area contributed by atoms with E-state index in [2.05, 4.69) is 5.32 Å². The molecular weight excluding hydrogens is 310 g/mol. The lowest BCUT2D eigenvalue weighted by Crippen LogP contribution is -2.46. The smallest absolute Gasteiger partial charge is 0.272 e. The molecule has 7 nitrogen and oxygen atoms in total. The Kier molecular flexibility index (Phi) is 5.62. The van der Waals surface area contributed by atoms with Crippen LogP contribution in [0.4, 0.5) is 5.69 Å². The third kappa shape index (κ3) is 4.64. The van der Waals surface area contributed by atoms with Crippen molar-refractivity contribution in [1.29, 1.82) is 0 Å². The van der Waals surface area contributed by atoms with Crippen LogP contribution in [0.3, 0.4) is 0 Å². The molecule has 0 saturated carbocycles. The summed E-state index contributed by atoms with van der Waals surface area (Å²) < 4.78 is 0. The van der Waals surface area contributed by atoms with Crippen LogP contribution >= 0.6 is 0 Å². The Balaban J connectivity index is 2.09. The lowest BCUT2D eigenvalue weighted by atomic mass is 10.0. The molecule has 2 amide bonds. The van der Waals surface area contributed by atoms with Crippen molar-refractivity contribution in [3.8, 4) is 0 Å². The molecular formula is C17H17N3O4. The summed E-state index contributed by atoms with van der Waals surface area (Å²) in [6.45, 7) is 0. The lowest BCUT2D eigenvalue weighted by Gasteiger charge is -2.15. The third-order valence-corrected chi connectivity index (χ3v) is 3.50. The standard InChI is InChI=1S/C17H17N3O4/c18-17(22)14(11-13-8-4-5-9-15(13)20(23)24)19-16(21)10-12-6-2-1-3-7-12/h1-9,14H,10-11H2,(H2,18,22)(H,19,21)/t14-/m1/s1. The number of carbonyl (C=O) groups excluding carboxylic acids is 2. The third-order valence-electron chi connectivity index (χ3n) is 3.50. The summed E-state index contributed by atoms with van der Waals surface area (Å²) in [5, 5.41) is 13.6. The largest absolute Gasteiger partial charge is 0.368 e. The molecule has 0 aliphatic heterocycles. The van der Waals surface area contributed by atoms with E-state index in [4.69, 9.17) is 5.73 Å². The van der Waals surface area contributed by atoms with Crippen molar-refractivity contribution >= 4 is 17.5 Å². The van der Waals surface area contributed by atoms with Crippen LogP contribution in [0.15, 0.2) is 54.6 Å². The van der Waals surface area contributed by atoms with Gasteiger partial charge >= 0.3 is 0 Å². The molecule has 0 spiro atoms. The first-order chi connectivity index (χ1) is 11.5. The fourth-order valence-electron chi connectivity index (χ4n) is 2.33. The molecule has 3 N–H and O–H groups in total. The second-order valence-corrected chi connectivity index (χ2v) is 5.27. The highest BCUT2D eigenvalue weighted by Gasteiger charge is 2.23. The van der Waals surface area contributed by atoms with Gasteiger partial charge in [-0.2, -0.15) is 0 Å². The zero-order valence-electron chi connectivity index (χ0n) is 12.8. The molecule has 2 aromatic carbocycles. The maximum Gasteiger partial charge on any atom is 0.272 e. The minimum atomic E-state index is -1.01. The van der Waals surface area contributed by atoms with Gasteiger partial charge in [0.2, 0.25) is 11.8 Å². The Labute approximate surface area is 138 Å². The fourth-order valence-corrected chi connectivity index (χ4v) is 2.33. The van der Waals surface area contributed by atoms with Gasteiger partial charge in [0.25, 0.3) is 5.69 Å². The van der Waals surface area contributed by atoms with Crippen molar-refractivity contribution in [1.82, 2.24) is 5.32 Å². The number of hydrogen-bond acceptors (Lipinski definition) is 4. The molecule has 0 saturated heterocycles. The van der Waals surface area contributed by atoms with Crippen molar-refractivity contribution in [2.45, 2.75) is 18.9 Å². The predicted octanol–water partition coefficient (Wildman–Crippen LogP) is 1.35. The Morgan fingerprint density at radius 3 is 2.33 bits per heavy atom. The number of nitro groups is 1. The summed E-state index contributed by atoms with van der Waals surface area (Å²) >= 11 is 0. The molecule has 0 unspecified atom stereocenters. The van der Waals surface area contributed by atoms with Crippen molar-refractivity contribution in [2.75, 3.05) is 0 Å². The normalized spacial score (nSPS) is 11.5. The number of carbonyl (C=O) groups is 2. The second-order valence-electron chi connectivity index (χ2n) is 5.27. The van der Waals surface area contributed by atoms with Gasteiger partial charge in [0, 0.05) is 18.1 Å².